The molecule has 0 aliphatic heterocycles. The maximum Gasteiger partial charge on any atom is 0.311 e. The highest BCUT2D eigenvalue weighted by molar-refractivity contribution is 5.95. The van der Waals surface area contributed by atoms with Gasteiger partial charge in [-0.2, -0.15) is 0 Å². The number of aryl methyl sites for hydroxylation is 1. The normalized spacial score (nSPS) is 10.7. The van der Waals surface area contributed by atoms with Gasteiger partial charge in [0, 0.05) is 24.8 Å². The fourth-order valence-corrected chi connectivity index (χ4v) is 2.19. The Labute approximate surface area is 120 Å². The highest BCUT2D eigenvalue weighted by atomic mass is 16.6. The Morgan fingerprint density at radius 1 is 1.33 bits per heavy atom. The molecule has 0 atom stereocenters. The van der Waals surface area contributed by atoms with E-state index in [2.05, 4.69) is 15.3 Å². The van der Waals surface area contributed by atoms with Crippen molar-refractivity contribution in [3.05, 3.63) is 58.8 Å². The van der Waals surface area contributed by atoms with Crippen LogP contribution < -0.4 is 5.32 Å². The first-order valence-corrected chi connectivity index (χ1v) is 6.39. The summed E-state index contributed by atoms with van der Waals surface area (Å²) >= 11 is 0. The van der Waals surface area contributed by atoms with Crippen molar-refractivity contribution in [1.82, 2.24) is 14.5 Å². The minimum absolute atomic E-state index is 0.0390. The topological polar surface area (TPSA) is 85.9 Å². The third-order valence-electron chi connectivity index (χ3n) is 3.30. The SMILES string of the molecule is Cn1ccnc1CNc1c([N+](=O)[O-])cnc2ccccc12. The van der Waals surface area contributed by atoms with E-state index in [-0.39, 0.29) is 5.69 Å². The summed E-state index contributed by atoms with van der Waals surface area (Å²) < 4.78 is 1.86. The summed E-state index contributed by atoms with van der Waals surface area (Å²) in [6.45, 7) is 0.401. The summed E-state index contributed by atoms with van der Waals surface area (Å²) in [6.07, 6.45) is 4.80. The third-order valence-corrected chi connectivity index (χ3v) is 3.30. The summed E-state index contributed by atoms with van der Waals surface area (Å²) in [5.74, 6) is 0.796. The van der Waals surface area contributed by atoms with Gasteiger partial charge in [-0.05, 0) is 6.07 Å². The predicted molar refractivity (Wildman–Crippen MR) is 78.9 cm³/mol. The quantitative estimate of drug-likeness (QED) is 0.587. The van der Waals surface area contributed by atoms with Crippen molar-refractivity contribution in [1.29, 1.82) is 0 Å². The smallest absolute Gasteiger partial charge is 0.311 e. The molecule has 7 nitrogen and oxygen atoms in total. The molecular weight excluding hydrogens is 270 g/mol. The van der Waals surface area contributed by atoms with Crippen LogP contribution in [0.25, 0.3) is 10.9 Å². The van der Waals surface area contributed by atoms with E-state index in [1.165, 1.54) is 6.20 Å². The van der Waals surface area contributed by atoms with E-state index in [1.807, 2.05) is 42.1 Å². The Morgan fingerprint density at radius 2 is 2.14 bits per heavy atom. The van der Waals surface area contributed by atoms with Crippen LogP contribution in [-0.4, -0.2) is 19.5 Å². The minimum atomic E-state index is -0.430. The van der Waals surface area contributed by atoms with Crippen LogP contribution in [0, 0.1) is 10.1 Å². The van der Waals surface area contributed by atoms with E-state index in [1.54, 1.807) is 6.20 Å². The molecular formula is C14H13N5O2. The van der Waals surface area contributed by atoms with Crippen LogP contribution in [0.3, 0.4) is 0 Å². The molecule has 0 bridgehead atoms. The van der Waals surface area contributed by atoms with E-state index in [0.29, 0.717) is 17.7 Å². The number of aromatic nitrogens is 3. The van der Waals surface area contributed by atoms with E-state index in [9.17, 15) is 10.1 Å². The fourth-order valence-electron chi connectivity index (χ4n) is 2.19. The molecule has 7 heteroatoms. The monoisotopic (exact) mass is 283 g/mol. The molecule has 0 radical (unpaired) electrons. The molecule has 0 aliphatic carbocycles. The van der Waals surface area contributed by atoms with Crippen LogP contribution in [0.15, 0.2) is 42.9 Å². The first kappa shape index (κ1) is 13.0. The summed E-state index contributed by atoms with van der Waals surface area (Å²) in [6, 6.07) is 7.32. The lowest BCUT2D eigenvalue weighted by molar-refractivity contribution is -0.384. The highest BCUT2D eigenvalue weighted by Gasteiger charge is 2.18. The average molecular weight is 283 g/mol. The van der Waals surface area contributed by atoms with Crippen LogP contribution >= 0.6 is 0 Å². The number of benzene rings is 1. The number of pyridine rings is 1. The third kappa shape index (κ3) is 2.40. The zero-order valence-corrected chi connectivity index (χ0v) is 11.4. The number of fused-ring (bicyclic) bond motifs is 1. The zero-order chi connectivity index (χ0) is 14.8. The molecule has 0 unspecified atom stereocenters. The molecule has 3 rings (SSSR count). The molecule has 1 N–H and O–H groups in total. The van der Waals surface area contributed by atoms with Crippen LogP contribution in [0.4, 0.5) is 11.4 Å². The first-order valence-electron chi connectivity index (χ1n) is 6.39. The summed E-state index contributed by atoms with van der Waals surface area (Å²) in [5.41, 5.74) is 1.14. The molecule has 21 heavy (non-hydrogen) atoms. The molecule has 0 spiro atoms. The Bertz CT molecular complexity index is 812. The molecule has 0 saturated heterocycles. The Balaban J connectivity index is 2.04. The predicted octanol–water partition coefficient (Wildman–Crippen LogP) is 2.49. The molecule has 0 aliphatic rings. The van der Waals surface area contributed by atoms with Crippen LogP contribution in [0.2, 0.25) is 0 Å². The van der Waals surface area contributed by atoms with Gasteiger partial charge in [-0.25, -0.2) is 9.97 Å². The fraction of sp³-hybridized carbons (Fsp3) is 0.143. The standard InChI is InChI=1S/C14H13N5O2/c1-18-7-6-15-13(18)9-17-14-10-4-2-3-5-11(10)16-8-12(14)19(20)21/h2-8H,9H2,1H3,(H,16,17). The molecule has 2 aromatic heterocycles. The summed E-state index contributed by atoms with van der Waals surface area (Å²) in [7, 11) is 1.88. The van der Waals surface area contributed by atoms with Crippen molar-refractivity contribution >= 4 is 22.3 Å². The molecule has 2 heterocycles. The summed E-state index contributed by atoms with van der Waals surface area (Å²) in [5, 5.41) is 15.0. The molecule has 3 aromatic rings. The maximum atomic E-state index is 11.2. The number of anilines is 1. The molecule has 0 amide bonds. The van der Waals surface area contributed by atoms with Gasteiger partial charge in [0.25, 0.3) is 0 Å². The van der Waals surface area contributed by atoms with E-state index in [4.69, 9.17) is 0 Å². The number of hydrogen-bond donors (Lipinski definition) is 1. The van der Waals surface area contributed by atoms with Crippen molar-refractivity contribution in [2.24, 2.45) is 7.05 Å². The Kier molecular flexibility index (Phi) is 3.23. The largest absolute Gasteiger partial charge is 0.372 e. The van der Waals surface area contributed by atoms with Gasteiger partial charge in [0.05, 0.1) is 17.0 Å². The molecule has 1 aromatic carbocycles. The second kappa shape index (κ2) is 5.20. The number of para-hydroxylation sites is 1. The number of nitrogens with one attached hydrogen (secondary N) is 1. The van der Waals surface area contributed by atoms with Gasteiger partial charge in [0.15, 0.2) is 0 Å². The number of rotatable bonds is 4. The van der Waals surface area contributed by atoms with E-state index in [0.717, 1.165) is 11.2 Å². The number of nitro groups is 1. The average Bonchev–Trinajstić information content (AvgIpc) is 2.89. The molecule has 0 saturated carbocycles. The van der Waals surface area contributed by atoms with E-state index < -0.39 is 4.92 Å². The van der Waals surface area contributed by atoms with Crippen molar-refractivity contribution in [3.63, 3.8) is 0 Å². The van der Waals surface area contributed by atoms with Crippen molar-refractivity contribution in [2.45, 2.75) is 6.54 Å². The van der Waals surface area contributed by atoms with Gasteiger partial charge in [-0.1, -0.05) is 18.2 Å². The highest BCUT2D eigenvalue weighted by Crippen LogP contribution is 2.31. The number of imidazole rings is 1. The lowest BCUT2D eigenvalue weighted by atomic mass is 10.1. The zero-order valence-electron chi connectivity index (χ0n) is 11.4. The van der Waals surface area contributed by atoms with E-state index >= 15 is 0 Å². The lowest BCUT2D eigenvalue weighted by Crippen LogP contribution is -2.08. The Hall–Kier alpha value is -2.96. The van der Waals surface area contributed by atoms with Gasteiger partial charge < -0.3 is 9.88 Å². The van der Waals surface area contributed by atoms with Gasteiger partial charge in [0.1, 0.15) is 17.7 Å². The second-order valence-corrected chi connectivity index (χ2v) is 4.60. The van der Waals surface area contributed by atoms with Crippen molar-refractivity contribution < 1.29 is 4.92 Å². The van der Waals surface area contributed by atoms with Crippen LogP contribution in [0.5, 0.6) is 0 Å². The molecule has 106 valence electrons. The van der Waals surface area contributed by atoms with Crippen LogP contribution in [-0.2, 0) is 13.6 Å². The van der Waals surface area contributed by atoms with Gasteiger partial charge >= 0.3 is 5.69 Å². The Morgan fingerprint density at radius 3 is 2.86 bits per heavy atom. The maximum absolute atomic E-state index is 11.2. The van der Waals surface area contributed by atoms with Gasteiger partial charge in [0.2, 0.25) is 0 Å². The number of hydrogen-bond acceptors (Lipinski definition) is 5. The molecule has 0 fully saturated rings. The van der Waals surface area contributed by atoms with Crippen molar-refractivity contribution in [2.75, 3.05) is 5.32 Å². The van der Waals surface area contributed by atoms with Crippen molar-refractivity contribution in [3.8, 4) is 0 Å². The van der Waals surface area contributed by atoms with Crippen LogP contribution in [0.1, 0.15) is 5.82 Å². The minimum Gasteiger partial charge on any atom is -0.372 e. The summed E-state index contributed by atoms with van der Waals surface area (Å²) in [4.78, 5) is 19.1. The second-order valence-electron chi connectivity index (χ2n) is 4.60. The van der Waals surface area contributed by atoms with Gasteiger partial charge in [-0.3, -0.25) is 10.1 Å². The lowest BCUT2D eigenvalue weighted by Gasteiger charge is -2.10. The first-order chi connectivity index (χ1) is 10.2. The van der Waals surface area contributed by atoms with Gasteiger partial charge in [-0.15, -0.1) is 0 Å². The number of nitrogens with zero attached hydrogens (tertiary/aromatic N) is 4.